The molecule has 0 bridgehead atoms. The molecule has 16 heavy (non-hydrogen) atoms. The van der Waals surface area contributed by atoms with Crippen molar-refractivity contribution in [2.45, 2.75) is 19.1 Å². The van der Waals surface area contributed by atoms with Gasteiger partial charge < -0.3 is 10.5 Å². The fourth-order valence-corrected chi connectivity index (χ4v) is 1.26. The summed E-state index contributed by atoms with van der Waals surface area (Å²) in [6.45, 7) is 0.368. The van der Waals surface area contributed by atoms with Gasteiger partial charge in [0.1, 0.15) is 6.61 Å². The molecule has 90 valence electrons. The van der Waals surface area contributed by atoms with Crippen molar-refractivity contribution in [2.24, 2.45) is 5.73 Å². The van der Waals surface area contributed by atoms with Crippen LogP contribution in [0.5, 0.6) is 0 Å². The van der Waals surface area contributed by atoms with Crippen LogP contribution in [0.15, 0.2) is 18.5 Å². The van der Waals surface area contributed by atoms with Crippen LogP contribution in [-0.4, -0.2) is 24.4 Å². The van der Waals surface area contributed by atoms with Crippen molar-refractivity contribution in [1.82, 2.24) is 4.98 Å². The lowest BCUT2D eigenvalue weighted by Crippen LogP contribution is -2.23. The van der Waals surface area contributed by atoms with E-state index in [-0.39, 0.29) is 6.61 Å². The molecule has 2 N–H and O–H groups in total. The van der Waals surface area contributed by atoms with E-state index in [9.17, 15) is 13.2 Å². The number of hydrogen-bond donors (Lipinski definition) is 1. The highest BCUT2D eigenvalue weighted by Gasteiger charge is 2.27. The monoisotopic (exact) mass is 234 g/mol. The van der Waals surface area contributed by atoms with E-state index in [4.69, 9.17) is 5.73 Å². The third-order valence-electron chi connectivity index (χ3n) is 2.04. The van der Waals surface area contributed by atoms with Gasteiger partial charge in [-0.05, 0) is 24.1 Å². The van der Waals surface area contributed by atoms with Gasteiger partial charge >= 0.3 is 6.18 Å². The molecule has 0 aliphatic rings. The Kier molecular flexibility index (Phi) is 4.26. The lowest BCUT2D eigenvalue weighted by molar-refractivity contribution is -0.174. The van der Waals surface area contributed by atoms with Gasteiger partial charge in [-0.25, -0.2) is 0 Å². The van der Waals surface area contributed by atoms with E-state index < -0.39 is 18.8 Å². The quantitative estimate of drug-likeness (QED) is 0.866. The van der Waals surface area contributed by atoms with Crippen LogP contribution in [0.4, 0.5) is 13.2 Å². The lowest BCUT2D eigenvalue weighted by atomic mass is 10.1. The lowest BCUT2D eigenvalue weighted by Gasteiger charge is -2.15. The Labute approximate surface area is 91.4 Å². The SMILES string of the molecule is Cc1ccncc1C(N)COCC(F)(F)F. The Morgan fingerprint density at radius 2 is 2.19 bits per heavy atom. The van der Waals surface area contributed by atoms with E-state index in [1.807, 2.05) is 6.92 Å². The highest BCUT2D eigenvalue weighted by atomic mass is 19.4. The largest absolute Gasteiger partial charge is 0.411 e. The van der Waals surface area contributed by atoms with Crippen LogP contribution in [0.3, 0.4) is 0 Å². The Bertz CT molecular complexity index is 341. The zero-order valence-corrected chi connectivity index (χ0v) is 8.79. The summed E-state index contributed by atoms with van der Waals surface area (Å²) in [4.78, 5) is 3.87. The van der Waals surface area contributed by atoms with Crippen LogP contribution in [0.1, 0.15) is 17.2 Å². The number of aromatic nitrogens is 1. The molecule has 0 saturated heterocycles. The molecule has 0 saturated carbocycles. The average molecular weight is 234 g/mol. The van der Waals surface area contributed by atoms with Crippen LogP contribution in [-0.2, 0) is 4.74 Å². The predicted molar refractivity (Wildman–Crippen MR) is 52.8 cm³/mol. The smallest absolute Gasteiger partial charge is 0.370 e. The van der Waals surface area contributed by atoms with Crippen molar-refractivity contribution in [3.8, 4) is 0 Å². The molecule has 1 aromatic rings. The number of nitrogens with zero attached hydrogens (tertiary/aromatic N) is 1. The van der Waals surface area contributed by atoms with E-state index >= 15 is 0 Å². The summed E-state index contributed by atoms with van der Waals surface area (Å²) >= 11 is 0. The summed E-state index contributed by atoms with van der Waals surface area (Å²) in [6.07, 6.45) is -1.18. The zero-order valence-electron chi connectivity index (χ0n) is 8.79. The molecule has 0 aromatic carbocycles. The molecule has 0 radical (unpaired) electrons. The number of ether oxygens (including phenoxy) is 1. The first-order chi connectivity index (χ1) is 7.40. The van der Waals surface area contributed by atoms with Gasteiger partial charge in [0.2, 0.25) is 0 Å². The molecule has 1 unspecified atom stereocenters. The second-order valence-corrected chi connectivity index (χ2v) is 3.47. The summed E-state index contributed by atoms with van der Waals surface area (Å²) in [5.74, 6) is 0. The minimum absolute atomic E-state index is 0.175. The predicted octanol–water partition coefficient (Wildman–Crippen LogP) is 1.97. The molecule has 3 nitrogen and oxygen atoms in total. The number of rotatable bonds is 4. The summed E-state index contributed by atoms with van der Waals surface area (Å²) in [6, 6.07) is 1.16. The maximum Gasteiger partial charge on any atom is 0.411 e. The van der Waals surface area contributed by atoms with Crippen molar-refractivity contribution in [1.29, 1.82) is 0 Å². The first kappa shape index (κ1) is 12.9. The first-order valence-electron chi connectivity index (χ1n) is 4.71. The molecule has 6 heteroatoms. The third-order valence-corrected chi connectivity index (χ3v) is 2.04. The maximum atomic E-state index is 11.8. The molecular formula is C10H13F3N2O. The van der Waals surface area contributed by atoms with Gasteiger partial charge in [-0.15, -0.1) is 0 Å². The van der Waals surface area contributed by atoms with Crippen molar-refractivity contribution in [3.05, 3.63) is 29.6 Å². The number of nitrogens with two attached hydrogens (primary N) is 1. The molecule has 0 aliphatic heterocycles. The molecule has 1 heterocycles. The minimum Gasteiger partial charge on any atom is -0.370 e. The first-order valence-corrected chi connectivity index (χ1v) is 4.71. The standard InChI is InChI=1S/C10H13F3N2O/c1-7-2-3-15-4-8(7)9(14)5-16-6-10(11,12)13/h2-4,9H,5-6,14H2,1H3. The number of pyridine rings is 1. The van der Waals surface area contributed by atoms with Gasteiger partial charge in [-0.3, -0.25) is 4.98 Å². The van der Waals surface area contributed by atoms with Gasteiger partial charge in [-0.2, -0.15) is 13.2 Å². The normalized spacial score (nSPS) is 13.8. The molecule has 0 spiro atoms. The maximum absolute atomic E-state index is 11.8. The molecule has 0 fully saturated rings. The second kappa shape index (κ2) is 5.27. The Morgan fingerprint density at radius 1 is 1.50 bits per heavy atom. The summed E-state index contributed by atoms with van der Waals surface area (Å²) in [7, 11) is 0. The van der Waals surface area contributed by atoms with E-state index in [2.05, 4.69) is 9.72 Å². The van der Waals surface area contributed by atoms with Crippen LogP contribution < -0.4 is 5.73 Å². The molecule has 1 aromatic heterocycles. The van der Waals surface area contributed by atoms with E-state index in [0.717, 1.165) is 5.56 Å². The highest BCUT2D eigenvalue weighted by molar-refractivity contribution is 5.24. The van der Waals surface area contributed by atoms with Crippen LogP contribution >= 0.6 is 0 Å². The van der Waals surface area contributed by atoms with Crippen LogP contribution in [0, 0.1) is 6.92 Å². The number of aryl methyl sites for hydroxylation is 1. The topological polar surface area (TPSA) is 48.1 Å². The Balaban J connectivity index is 2.47. The van der Waals surface area contributed by atoms with E-state index in [0.29, 0.717) is 5.56 Å². The second-order valence-electron chi connectivity index (χ2n) is 3.47. The van der Waals surface area contributed by atoms with Gasteiger partial charge in [-0.1, -0.05) is 0 Å². The third kappa shape index (κ3) is 4.16. The van der Waals surface area contributed by atoms with Gasteiger partial charge in [0.05, 0.1) is 12.6 Å². The van der Waals surface area contributed by atoms with Crippen molar-refractivity contribution < 1.29 is 17.9 Å². The zero-order chi connectivity index (χ0) is 12.2. The van der Waals surface area contributed by atoms with Crippen molar-refractivity contribution in [3.63, 3.8) is 0 Å². The van der Waals surface area contributed by atoms with E-state index in [1.165, 1.54) is 6.20 Å². The summed E-state index contributed by atoms with van der Waals surface area (Å²) in [5.41, 5.74) is 7.28. The molecule has 0 amide bonds. The summed E-state index contributed by atoms with van der Waals surface area (Å²) in [5, 5.41) is 0. The Hall–Kier alpha value is -1.14. The average Bonchev–Trinajstić information content (AvgIpc) is 2.16. The molecule has 0 aliphatic carbocycles. The van der Waals surface area contributed by atoms with Crippen molar-refractivity contribution >= 4 is 0 Å². The Morgan fingerprint density at radius 3 is 2.75 bits per heavy atom. The highest BCUT2D eigenvalue weighted by Crippen LogP contribution is 2.17. The number of alkyl halides is 3. The van der Waals surface area contributed by atoms with Crippen LogP contribution in [0.2, 0.25) is 0 Å². The van der Waals surface area contributed by atoms with E-state index in [1.54, 1.807) is 12.3 Å². The number of halogens is 3. The molecule has 1 atom stereocenters. The molecule has 1 rings (SSSR count). The van der Waals surface area contributed by atoms with Gasteiger partial charge in [0.15, 0.2) is 0 Å². The fraction of sp³-hybridized carbons (Fsp3) is 0.500. The number of hydrogen-bond acceptors (Lipinski definition) is 3. The van der Waals surface area contributed by atoms with Crippen molar-refractivity contribution in [2.75, 3.05) is 13.2 Å². The molecular weight excluding hydrogens is 221 g/mol. The van der Waals surface area contributed by atoms with Crippen LogP contribution in [0.25, 0.3) is 0 Å². The summed E-state index contributed by atoms with van der Waals surface area (Å²) < 4.78 is 39.9. The minimum atomic E-state index is -4.32. The fourth-order valence-electron chi connectivity index (χ4n) is 1.26. The van der Waals surface area contributed by atoms with Gasteiger partial charge in [0, 0.05) is 12.4 Å². The van der Waals surface area contributed by atoms with Gasteiger partial charge in [0.25, 0.3) is 0 Å².